The van der Waals surface area contributed by atoms with Crippen molar-refractivity contribution in [2.45, 2.75) is 6.54 Å². The van der Waals surface area contributed by atoms with Gasteiger partial charge in [0.05, 0.1) is 18.4 Å². The number of halogens is 1. The highest BCUT2D eigenvalue weighted by molar-refractivity contribution is 6.36. The molecule has 3 aromatic rings. The van der Waals surface area contributed by atoms with Gasteiger partial charge in [-0.1, -0.05) is 12.1 Å². The number of carbonyl (C=O) groups is 2. The Morgan fingerprint density at radius 1 is 0.912 bits per heavy atom. The lowest BCUT2D eigenvalue weighted by molar-refractivity contribution is -0.137. The normalized spacial score (nSPS) is 17.1. The Labute approximate surface area is 197 Å². The first kappa shape index (κ1) is 21.9. The first-order chi connectivity index (χ1) is 16.5. The Morgan fingerprint density at radius 2 is 1.62 bits per heavy atom. The minimum absolute atomic E-state index is 0.0168. The Kier molecular flexibility index (Phi) is 5.90. The molecule has 1 fully saturated rings. The van der Waals surface area contributed by atoms with Crippen molar-refractivity contribution in [1.29, 1.82) is 0 Å². The molecule has 2 aromatic carbocycles. The third-order valence-electron chi connectivity index (χ3n) is 6.20. The molecule has 34 heavy (non-hydrogen) atoms. The fourth-order valence-corrected chi connectivity index (χ4v) is 4.24. The highest BCUT2D eigenvalue weighted by Gasteiger charge is 2.39. The quantitative estimate of drug-likeness (QED) is 0.568. The van der Waals surface area contributed by atoms with E-state index >= 15 is 0 Å². The number of benzene rings is 2. The number of likely N-dealkylation sites (N-methyl/N-ethyl adjacent to an activating group) is 1. The summed E-state index contributed by atoms with van der Waals surface area (Å²) in [7, 11) is 2.12. The first-order valence-electron chi connectivity index (χ1n) is 11.2. The van der Waals surface area contributed by atoms with Gasteiger partial charge in [0.25, 0.3) is 11.8 Å². The molecule has 0 atom stereocenters. The number of hydrogen-bond donors (Lipinski definition) is 1. The number of imide groups is 1. The predicted octanol–water partition coefficient (Wildman–Crippen LogP) is 3.56. The smallest absolute Gasteiger partial charge is 0.278 e. The van der Waals surface area contributed by atoms with E-state index in [9.17, 15) is 14.0 Å². The lowest BCUT2D eigenvalue weighted by Gasteiger charge is -2.34. The standard InChI is InChI=1S/C26H25FN4O3/c1-29-12-14-30(15-13-29)21-10-8-20(9-11-21)28-24-23(18-4-6-19(27)7-5-18)25(32)31(26(24)33)17-22-3-2-16-34-22/h2-11,16,28H,12-15,17H2,1H3. The largest absolute Gasteiger partial charge is 0.467 e. The van der Waals surface area contributed by atoms with Gasteiger partial charge in [-0.05, 0) is 61.1 Å². The van der Waals surface area contributed by atoms with Gasteiger partial charge in [0.15, 0.2) is 0 Å². The molecule has 5 rings (SSSR count). The molecule has 0 unspecified atom stereocenters. The van der Waals surface area contributed by atoms with Crippen LogP contribution in [0, 0.1) is 5.82 Å². The molecule has 0 aliphatic carbocycles. The molecule has 0 spiro atoms. The van der Waals surface area contributed by atoms with Crippen molar-refractivity contribution in [3.63, 3.8) is 0 Å². The maximum atomic E-state index is 13.5. The van der Waals surface area contributed by atoms with E-state index in [1.54, 1.807) is 12.1 Å². The van der Waals surface area contributed by atoms with Crippen LogP contribution in [0.1, 0.15) is 11.3 Å². The maximum Gasteiger partial charge on any atom is 0.278 e. The van der Waals surface area contributed by atoms with Gasteiger partial charge in [0, 0.05) is 37.6 Å². The van der Waals surface area contributed by atoms with Crippen LogP contribution in [0.4, 0.5) is 15.8 Å². The summed E-state index contributed by atoms with van der Waals surface area (Å²) in [5, 5.41) is 3.15. The highest BCUT2D eigenvalue weighted by Crippen LogP contribution is 2.32. The van der Waals surface area contributed by atoms with Gasteiger partial charge in [0.2, 0.25) is 0 Å². The lowest BCUT2D eigenvalue weighted by Crippen LogP contribution is -2.44. The summed E-state index contributed by atoms with van der Waals surface area (Å²) in [5.74, 6) is -0.825. The average molecular weight is 461 g/mol. The van der Waals surface area contributed by atoms with Gasteiger partial charge in [-0.25, -0.2) is 4.39 Å². The second-order valence-corrected chi connectivity index (χ2v) is 8.49. The Bertz CT molecular complexity index is 1210. The number of amides is 2. The van der Waals surface area contributed by atoms with E-state index < -0.39 is 17.6 Å². The molecule has 174 valence electrons. The molecule has 2 aliphatic rings. The van der Waals surface area contributed by atoms with Crippen LogP contribution in [0.5, 0.6) is 0 Å². The molecule has 7 nitrogen and oxygen atoms in total. The molecule has 1 aromatic heterocycles. The molecular weight excluding hydrogens is 435 g/mol. The molecule has 8 heteroatoms. The summed E-state index contributed by atoms with van der Waals surface area (Å²) >= 11 is 0. The summed E-state index contributed by atoms with van der Waals surface area (Å²) in [4.78, 5) is 32.3. The molecule has 2 amide bonds. The van der Waals surface area contributed by atoms with Crippen molar-refractivity contribution in [1.82, 2.24) is 9.80 Å². The van der Waals surface area contributed by atoms with E-state index in [1.165, 1.54) is 30.5 Å². The van der Waals surface area contributed by atoms with E-state index in [0.717, 1.165) is 36.8 Å². The Morgan fingerprint density at radius 3 is 2.26 bits per heavy atom. The number of anilines is 2. The number of furan rings is 1. The zero-order valence-corrected chi connectivity index (χ0v) is 18.8. The van der Waals surface area contributed by atoms with Crippen LogP contribution in [0.2, 0.25) is 0 Å². The molecule has 1 saturated heterocycles. The number of hydrogen-bond acceptors (Lipinski definition) is 6. The van der Waals surface area contributed by atoms with Gasteiger partial charge in [-0.2, -0.15) is 0 Å². The number of piperazine rings is 1. The van der Waals surface area contributed by atoms with E-state index in [4.69, 9.17) is 4.42 Å². The van der Waals surface area contributed by atoms with Crippen LogP contribution >= 0.6 is 0 Å². The number of rotatable bonds is 6. The number of carbonyl (C=O) groups excluding carboxylic acids is 2. The molecule has 0 bridgehead atoms. The second kappa shape index (κ2) is 9.15. The summed E-state index contributed by atoms with van der Waals surface area (Å²) in [6.45, 7) is 3.95. The number of nitrogens with zero attached hydrogens (tertiary/aromatic N) is 3. The van der Waals surface area contributed by atoms with E-state index in [0.29, 0.717) is 17.0 Å². The summed E-state index contributed by atoms with van der Waals surface area (Å²) in [5.41, 5.74) is 2.64. The topological polar surface area (TPSA) is 69.0 Å². The van der Waals surface area contributed by atoms with Gasteiger partial charge < -0.3 is 19.5 Å². The van der Waals surface area contributed by atoms with Gasteiger partial charge in [-0.3, -0.25) is 14.5 Å². The fraction of sp³-hybridized carbons (Fsp3) is 0.231. The van der Waals surface area contributed by atoms with Crippen molar-refractivity contribution in [3.8, 4) is 0 Å². The van der Waals surface area contributed by atoms with Crippen LogP contribution in [0.25, 0.3) is 5.57 Å². The third-order valence-corrected chi connectivity index (χ3v) is 6.20. The predicted molar refractivity (Wildman–Crippen MR) is 127 cm³/mol. The van der Waals surface area contributed by atoms with Crippen molar-refractivity contribution in [3.05, 3.63) is 89.8 Å². The third kappa shape index (κ3) is 4.32. The SMILES string of the molecule is CN1CCN(c2ccc(NC3=C(c4ccc(F)cc4)C(=O)N(Cc4ccco4)C3=O)cc2)CC1. The molecule has 1 N–H and O–H groups in total. The van der Waals surface area contributed by atoms with Crippen LogP contribution < -0.4 is 10.2 Å². The van der Waals surface area contributed by atoms with Gasteiger partial charge in [-0.15, -0.1) is 0 Å². The monoisotopic (exact) mass is 460 g/mol. The minimum atomic E-state index is -0.455. The van der Waals surface area contributed by atoms with Gasteiger partial charge >= 0.3 is 0 Å². The molecule has 3 heterocycles. The second-order valence-electron chi connectivity index (χ2n) is 8.49. The molecular formula is C26H25FN4O3. The summed E-state index contributed by atoms with van der Waals surface area (Å²) in [6, 6.07) is 16.8. The van der Waals surface area contributed by atoms with E-state index in [-0.39, 0.29) is 17.8 Å². The first-order valence-corrected chi connectivity index (χ1v) is 11.2. The maximum absolute atomic E-state index is 13.5. The fourth-order valence-electron chi connectivity index (χ4n) is 4.24. The molecule has 0 radical (unpaired) electrons. The molecule has 2 aliphatic heterocycles. The van der Waals surface area contributed by atoms with Crippen molar-refractivity contribution >= 4 is 28.8 Å². The zero-order chi connectivity index (χ0) is 23.7. The van der Waals surface area contributed by atoms with Gasteiger partial charge in [0.1, 0.15) is 17.3 Å². The lowest BCUT2D eigenvalue weighted by atomic mass is 10.0. The van der Waals surface area contributed by atoms with Crippen LogP contribution in [-0.4, -0.2) is 54.8 Å². The van der Waals surface area contributed by atoms with Crippen molar-refractivity contribution < 1.29 is 18.4 Å². The highest BCUT2D eigenvalue weighted by atomic mass is 19.1. The Hall–Kier alpha value is -3.91. The van der Waals surface area contributed by atoms with E-state index in [1.807, 2.05) is 24.3 Å². The van der Waals surface area contributed by atoms with E-state index in [2.05, 4.69) is 22.2 Å². The van der Waals surface area contributed by atoms with Crippen molar-refractivity contribution in [2.75, 3.05) is 43.4 Å². The number of nitrogens with one attached hydrogen (secondary N) is 1. The zero-order valence-electron chi connectivity index (χ0n) is 18.8. The van der Waals surface area contributed by atoms with Crippen molar-refractivity contribution in [2.24, 2.45) is 0 Å². The molecule has 0 saturated carbocycles. The summed E-state index contributed by atoms with van der Waals surface area (Å²) < 4.78 is 18.9. The average Bonchev–Trinajstić information content (AvgIpc) is 3.44. The summed E-state index contributed by atoms with van der Waals surface area (Å²) in [6.07, 6.45) is 1.50. The van der Waals surface area contributed by atoms with Crippen LogP contribution in [0.3, 0.4) is 0 Å². The minimum Gasteiger partial charge on any atom is -0.467 e. The van der Waals surface area contributed by atoms with Crippen LogP contribution in [-0.2, 0) is 16.1 Å². The van der Waals surface area contributed by atoms with Crippen LogP contribution in [0.15, 0.2) is 77.0 Å². The Balaban J connectivity index is 1.43.